The molecule has 22 heavy (non-hydrogen) atoms. The summed E-state index contributed by atoms with van der Waals surface area (Å²) in [7, 11) is 1.33. The van der Waals surface area contributed by atoms with Gasteiger partial charge in [0.2, 0.25) is 0 Å². The van der Waals surface area contributed by atoms with Gasteiger partial charge in [-0.05, 0) is 29.3 Å². The molecular formula is C14H15ClN2O3S2. The third-order valence-electron chi connectivity index (χ3n) is 3.39. The maximum atomic E-state index is 11.7. The van der Waals surface area contributed by atoms with Gasteiger partial charge in [-0.1, -0.05) is 22.9 Å². The van der Waals surface area contributed by atoms with Gasteiger partial charge >= 0.3 is 5.97 Å². The molecule has 1 fully saturated rings. The second-order valence-electron chi connectivity index (χ2n) is 5.00. The molecule has 118 valence electrons. The van der Waals surface area contributed by atoms with Crippen molar-refractivity contribution < 1.29 is 14.3 Å². The lowest BCUT2D eigenvalue weighted by molar-refractivity contribution is -0.0171. The van der Waals surface area contributed by atoms with Crippen LogP contribution in [0.5, 0.6) is 0 Å². The summed E-state index contributed by atoms with van der Waals surface area (Å²) in [6, 6.07) is 2.07. The van der Waals surface area contributed by atoms with Gasteiger partial charge in [0.25, 0.3) is 0 Å². The lowest BCUT2D eigenvalue weighted by atomic mass is 10.1. The zero-order chi connectivity index (χ0) is 15.7. The summed E-state index contributed by atoms with van der Waals surface area (Å²) >= 11 is 8.96. The normalized spacial score (nSPS) is 21.9. The van der Waals surface area contributed by atoms with Gasteiger partial charge in [0.1, 0.15) is 6.10 Å². The van der Waals surface area contributed by atoms with Gasteiger partial charge < -0.3 is 14.4 Å². The Morgan fingerprint density at radius 2 is 2.36 bits per heavy atom. The van der Waals surface area contributed by atoms with E-state index < -0.39 is 5.97 Å². The van der Waals surface area contributed by atoms with Crippen molar-refractivity contribution in [3.05, 3.63) is 32.4 Å². The highest BCUT2D eigenvalue weighted by Gasteiger charge is 2.30. The minimum Gasteiger partial charge on any atom is -0.465 e. The Balaban J connectivity index is 1.83. The number of anilines is 1. The van der Waals surface area contributed by atoms with Crippen molar-refractivity contribution in [2.45, 2.75) is 19.1 Å². The molecule has 0 aliphatic carbocycles. The highest BCUT2D eigenvalue weighted by molar-refractivity contribution is 7.18. The third-order valence-corrected chi connectivity index (χ3v) is 5.57. The number of aromatic nitrogens is 1. The van der Waals surface area contributed by atoms with Crippen LogP contribution in [0.1, 0.15) is 28.3 Å². The summed E-state index contributed by atoms with van der Waals surface area (Å²) in [4.78, 5) is 18.4. The van der Waals surface area contributed by atoms with E-state index in [9.17, 15) is 4.79 Å². The van der Waals surface area contributed by atoms with E-state index in [1.807, 2.05) is 12.3 Å². The maximum absolute atomic E-state index is 11.7. The number of methoxy groups -OCH3 is 1. The van der Waals surface area contributed by atoms with Crippen LogP contribution in [-0.2, 0) is 9.47 Å². The first kappa shape index (κ1) is 15.7. The van der Waals surface area contributed by atoms with E-state index in [2.05, 4.69) is 21.3 Å². The van der Waals surface area contributed by atoms with E-state index in [1.54, 1.807) is 11.3 Å². The lowest BCUT2D eigenvalue weighted by Gasteiger charge is -2.36. The van der Waals surface area contributed by atoms with Crippen LogP contribution in [0.25, 0.3) is 0 Å². The fourth-order valence-corrected chi connectivity index (χ4v) is 4.31. The number of carbonyl (C=O) groups excluding carboxylic acids is 1. The predicted octanol–water partition coefficient (Wildman–Crippen LogP) is 3.61. The van der Waals surface area contributed by atoms with Gasteiger partial charge in [0, 0.05) is 6.54 Å². The molecule has 0 amide bonds. The SMILES string of the molecule is COC(=O)c1sc(N2CC(C)OC(c3ccsc3)C2)nc1Cl. The quantitative estimate of drug-likeness (QED) is 0.784. The number of carbonyl (C=O) groups is 1. The van der Waals surface area contributed by atoms with Gasteiger partial charge in [0.15, 0.2) is 15.2 Å². The second kappa shape index (κ2) is 6.54. The van der Waals surface area contributed by atoms with E-state index in [4.69, 9.17) is 21.1 Å². The summed E-state index contributed by atoms with van der Waals surface area (Å²) in [6.07, 6.45) is 0.0714. The molecule has 8 heteroatoms. The molecule has 5 nitrogen and oxygen atoms in total. The number of hydrogen-bond donors (Lipinski definition) is 0. The molecule has 3 heterocycles. The molecule has 2 unspecified atom stereocenters. The monoisotopic (exact) mass is 358 g/mol. The zero-order valence-electron chi connectivity index (χ0n) is 12.1. The van der Waals surface area contributed by atoms with Crippen LogP contribution in [0.4, 0.5) is 5.13 Å². The van der Waals surface area contributed by atoms with Crippen LogP contribution in [-0.4, -0.2) is 37.3 Å². The molecule has 0 aromatic carbocycles. The largest absolute Gasteiger partial charge is 0.465 e. The van der Waals surface area contributed by atoms with Gasteiger partial charge in [-0.3, -0.25) is 0 Å². The van der Waals surface area contributed by atoms with E-state index in [-0.39, 0.29) is 17.4 Å². The van der Waals surface area contributed by atoms with Crippen LogP contribution in [0.2, 0.25) is 5.15 Å². The Labute approximate surface area is 141 Å². The molecule has 1 aliphatic heterocycles. The molecule has 0 spiro atoms. The molecule has 0 saturated carbocycles. The second-order valence-corrected chi connectivity index (χ2v) is 7.12. The maximum Gasteiger partial charge on any atom is 0.351 e. The summed E-state index contributed by atoms with van der Waals surface area (Å²) in [5, 5.41) is 5.05. The summed E-state index contributed by atoms with van der Waals surface area (Å²) in [5.41, 5.74) is 1.16. The summed E-state index contributed by atoms with van der Waals surface area (Å²) < 4.78 is 10.7. The van der Waals surface area contributed by atoms with Crippen molar-refractivity contribution in [1.29, 1.82) is 0 Å². The van der Waals surface area contributed by atoms with Crippen LogP contribution >= 0.6 is 34.3 Å². The van der Waals surface area contributed by atoms with Gasteiger partial charge in [-0.25, -0.2) is 9.78 Å². The van der Waals surface area contributed by atoms with Crippen LogP contribution < -0.4 is 4.90 Å². The number of thiophene rings is 1. The first-order valence-corrected chi connectivity index (χ1v) is 8.89. The number of thiazole rings is 1. The van der Waals surface area contributed by atoms with Crippen LogP contribution in [0.3, 0.4) is 0 Å². The molecular weight excluding hydrogens is 344 g/mol. The van der Waals surface area contributed by atoms with E-state index in [0.717, 1.165) is 10.7 Å². The average molecular weight is 359 g/mol. The standard InChI is InChI=1S/C14H15ClN2O3S2/c1-8-5-17(6-10(20-8)9-3-4-21-7-9)14-16-12(15)11(22-14)13(18)19-2/h3-4,7-8,10H,5-6H2,1-2H3. The van der Waals surface area contributed by atoms with E-state index in [0.29, 0.717) is 18.0 Å². The number of halogens is 1. The summed E-state index contributed by atoms with van der Waals surface area (Å²) in [5.74, 6) is -0.454. The minimum atomic E-state index is -0.454. The number of morpholine rings is 1. The molecule has 0 bridgehead atoms. The zero-order valence-corrected chi connectivity index (χ0v) is 14.5. The Morgan fingerprint density at radius 1 is 1.55 bits per heavy atom. The lowest BCUT2D eigenvalue weighted by Crippen LogP contribution is -2.42. The highest BCUT2D eigenvalue weighted by Crippen LogP contribution is 2.34. The smallest absolute Gasteiger partial charge is 0.351 e. The number of ether oxygens (including phenoxy) is 2. The average Bonchev–Trinajstić information content (AvgIpc) is 3.15. The molecule has 2 atom stereocenters. The third kappa shape index (κ3) is 3.12. The van der Waals surface area contributed by atoms with Crippen LogP contribution in [0, 0.1) is 0 Å². The van der Waals surface area contributed by atoms with Crippen LogP contribution in [0.15, 0.2) is 16.8 Å². The van der Waals surface area contributed by atoms with Gasteiger partial charge in [-0.15, -0.1) is 0 Å². The Morgan fingerprint density at radius 3 is 3.05 bits per heavy atom. The Hall–Kier alpha value is -1.15. The molecule has 2 aromatic heterocycles. The van der Waals surface area contributed by atoms with Gasteiger partial charge in [0.05, 0.1) is 19.8 Å². The van der Waals surface area contributed by atoms with Crippen molar-refractivity contribution in [3.63, 3.8) is 0 Å². The highest BCUT2D eigenvalue weighted by atomic mass is 35.5. The Kier molecular flexibility index (Phi) is 4.67. The number of hydrogen-bond acceptors (Lipinski definition) is 7. The Bertz CT molecular complexity index is 659. The fraction of sp³-hybridized carbons (Fsp3) is 0.429. The molecule has 1 aliphatic rings. The molecule has 0 radical (unpaired) electrons. The number of rotatable bonds is 3. The fourth-order valence-electron chi connectivity index (χ4n) is 2.39. The van der Waals surface area contributed by atoms with E-state index >= 15 is 0 Å². The molecule has 0 N–H and O–H groups in total. The molecule has 3 rings (SSSR count). The van der Waals surface area contributed by atoms with Crippen molar-refractivity contribution in [1.82, 2.24) is 4.98 Å². The van der Waals surface area contributed by atoms with Crippen molar-refractivity contribution >= 4 is 45.4 Å². The van der Waals surface area contributed by atoms with Gasteiger partial charge in [-0.2, -0.15) is 11.3 Å². The van der Waals surface area contributed by atoms with Crippen molar-refractivity contribution in [2.75, 3.05) is 25.1 Å². The van der Waals surface area contributed by atoms with Crippen molar-refractivity contribution in [3.8, 4) is 0 Å². The van der Waals surface area contributed by atoms with Crippen molar-refractivity contribution in [2.24, 2.45) is 0 Å². The summed E-state index contributed by atoms with van der Waals surface area (Å²) in [6.45, 7) is 3.43. The first-order chi connectivity index (χ1) is 10.6. The predicted molar refractivity (Wildman–Crippen MR) is 88.3 cm³/mol. The topological polar surface area (TPSA) is 51.7 Å². The van der Waals surface area contributed by atoms with E-state index in [1.165, 1.54) is 18.4 Å². The molecule has 1 saturated heterocycles. The first-order valence-electron chi connectivity index (χ1n) is 6.75. The minimum absolute atomic E-state index is 0.000692. The number of esters is 1. The number of nitrogens with zero attached hydrogens (tertiary/aromatic N) is 2. The molecule has 2 aromatic rings.